The average Bonchev–Trinajstić information content (AvgIpc) is 2.54. The lowest BCUT2D eigenvalue weighted by atomic mass is 10.3. The van der Waals surface area contributed by atoms with Crippen LogP contribution in [0.4, 0.5) is 5.69 Å². The van der Waals surface area contributed by atoms with E-state index in [4.69, 9.17) is 21.1 Å². The molecule has 118 valence electrons. The van der Waals surface area contributed by atoms with Crippen LogP contribution in [0, 0.1) is 0 Å². The van der Waals surface area contributed by atoms with Crippen LogP contribution >= 0.6 is 11.6 Å². The van der Waals surface area contributed by atoms with E-state index in [0.717, 1.165) is 44.3 Å². The first-order valence-corrected chi connectivity index (χ1v) is 7.82. The molecule has 2 rings (SSSR count). The number of ether oxygens (including phenoxy) is 2. The van der Waals surface area contributed by atoms with E-state index in [1.807, 2.05) is 24.3 Å². The fourth-order valence-corrected chi connectivity index (χ4v) is 2.21. The Morgan fingerprint density at radius 3 is 2.95 bits per heavy atom. The molecule has 21 heavy (non-hydrogen) atoms. The van der Waals surface area contributed by atoms with Gasteiger partial charge in [-0.15, -0.1) is 11.6 Å². The van der Waals surface area contributed by atoms with Crippen LogP contribution in [0.5, 0.6) is 5.75 Å². The molecule has 5 nitrogen and oxygen atoms in total. The Morgan fingerprint density at radius 1 is 1.38 bits per heavy atom. The number of morpholine rings is 1. The number of nitrogens with one attached hydrogen (secondary N) is 1. The van der Waals surface area contributed by atoms with Gasteiger partial charge in [0, 0.05) is 37.9 Å². The first-order valence-electron chi connectivity index (χ1n) is 7.29. The Labute approximate surface area is 130 Å². The minimum Gasteiger partial charge on any atom is -0.492 e. The average molecular weight is 315 g/mol. The van der Waals surface area contributed by atoms with Gasteiger partial charge in [0.05, 0.1) is 25.2 Å². The molecule has 1 heterocycles. The van der Waals surface area contributed by atoms with Crippen molar-refractivity contribution >= 4 is 17.3 Å². The van der Waals surface area contributed by atoms with Gasteiger partial charge in [-0.25, -0.2) is 0 Å². The van der Waals surface area contributed by atoms with E-state index >= 15 is 0 Å². The van der Waals surface area contributed by atoms with Crippen molar-refractivity contribution in [3.8, 4) is 5.75 Å². The van der Waals surface area contributed by atoms with Crippen molar-refractivity contribution in [2.75, 3.05) is 57.2 Å². The fraction of sp³-hybridized carbons (Fsp3) is 0.600. The lowest BCUT2D eigenvalue weighted by Gasteiger charge is -2.26. The Bertz CT molecular complexity index is 414. The molecule has 1 unspecified atom stereocenters. The maximum absolute atomic E-state index is 9.43. The van der Waals surface area contributed by atoms with E-state index in [1.54, 1.807) is 0 Å². The van der Waals surface area contributed by atoms with E-state index in [-0.39, 0.29) is 5.88 Å². The van der Waals surface area contributed by atoms with Gasteiger partial charge in [0.2, 0.25) is 0 Å². The largest absolute Gasteiger partial charge is 0.492 e. The molecular formula is C15H23ClN2O3. The quantitative estimate of drug-likeness (QED) is 0.711. The molecule has 1 aromatic carbocycles. The zero-order chi connectivity index (χ0) is 14.9. The first-order chi connectivity index (χ1) is 10.3. The van der Waals surface area contributed by atoms with E-state index in [2.05, 4.69) is 10.2 Å². The number of alkyl halides is 1. The highest BCUT2D eigenvalue weighted by Gasteiger charge is 2.09. The number of nitrogens with zero attached hydrogens (tertiary/aromatic N) is 1. The molecule has 2 N–H and O–H groups in total. The van der Waals surface area contributed by atoms with E-state index < -0.39 is 6.10 Å². The zero-order valence-electron chi connectivity index (χ0n) is 12.1. The van der Waals surface area contributed by atoms with Gasteiger partial charge in [-0.05, 0) is 12.1 Å². The van der Waals surface area contributed by atoms with Gasteiger partial charge in [0.25, 0.3) is 0 Å². The van der Waals surface area contributed by atoms with Gasteiger partial charge in [-0.1, -0.05) is 6.07 Å². The highest BCUT2D eigenvalue weighted by atomic mass is 35.5. The molecule has 0 amide bonds. The molecular weight excluding hydrogens is 292 g/mol. The van der Waals surface area contributed by atoms with E-state index in [9.17, 15) is 5.11 Å². The lowest BCUT2D eigenvalue weighted by Crippen LogP contribution is -2.38. The van der Waals surface area contributed by atoms with Crippen molar-refractivity contribution in [1.82, 2.24) is 4.90 Å². The summed E-state index contributed by atoms with van der Waals surface area (Å²) in [6, 6.07) is 7.73. The topological polar surface area (TPSA) is 54.0 Å². The van der Waals surface area contributed by atoms with Crippen LogP contribution in [0.2, 0.25) is 0 Å². The number of rotatable bonds is 8. The molecule has 0 bridgehead atoms. The number of anilines is 1. The SMILES string of the molecule is OC(CCl)CNc1cccc(OCCN2CCOCC2)c1. The number of halogens is 1. The Kier molecular flexibility index (Phi) is 7.09. The van der Waals surface area contributed by atoms with Gasteiger partial charge in [0.1, 0.15) is 12.4 Å². The summed E-state index contributed by atoms with van der Waals surface area (Å²) < 4.78 is 11.1. The molecule has 1 aliphatic heterocycles. The fourth-order valence-electron chi connectivity index (χ4n) is 2.10. The number of hydrogen-bond acceptors (Lipinski definition) is 5. The van der Waals surface area contributed by atoms with Crippen LogP contribution < -0.4 is 10.1 Å². The smallest absolute Gasteiger partial charge is 0.121 e. The molecule has 1 aliphatic rings. The Balaban J connectivity index is 1.72. The minimum absolute atomic E-state index is 0.225. The molecule has 0 spiro atoms. The predicted octanol–water partition coefficient (Wildman–Crippen LogP) is 1.41. The third-order valence-electron chi connectivity index (χ3n) is 3.33. The third kappa shape index (κ3) is 6.09. The van der Waals surface area contributed by atoms with Crippen molar-refractivity contribution in [3.63, 3.8) is 0 Å². The van der Waals surface area contributed by atoms with Crippen LogP contribution in [0.1, 0.15) is 0 Å². The van der Waals surface area contributed by atoms with Crippen LogP contribution in [-0.4, -0.2) is 68.0 Å². The lowest BCUT2D eigenvalue weighted by molar-refractivity contribution is 0.0322. The van der Waals surface area contributed by atoms with Gasteiger partial charge < -0.3 is 19.9 Å². The normalized spacial score (nSPS) is 17.4. The van der Waals surface area contributed by atoms with Gasteiger partial charge in [-0.2, -0.15) is 0 Å². The summed E-state index contributed by atoms with van der Waals surface area (Å²) in [7, 11) is 0. The van der Waals surface area contributed by atoms with Crippen LogP contribution in [0.15, 0.2) is 24.3 Å². The number of benzene rings is 1. The predicted molar refractivity (Wildman–Crippen MR) is 84.4 cm³/mol. The monoisotopic (exact) mass is 314 g/mol. The summed E-state index contributed by atoms with van der Waals surface area (Å²) in [5.41, 5.74) is 0.919. The summed E-state index contributed by atoms with van der Waals surface area (Å²) in [6.07, 6.45) is -0.544. The number of aliphatic hydroxyl groups excluding tert-OH is 1. The second kappa shape index (κ2) is 9.10. The molecule has 1 saturated heterocycles. The second-order valence-corrected chi connectivity index (χ2v) is 5.33. The van der Waals surface area contributed by atoms with Crippen LogP contribution in [-0.2, 0) is 4.74 Å². The van der Waals surface area contributed by atoms with Crippen LogP contribution in [0.25, 0.3) is 0 Å². The zero-order valence-corrected chi connectivity index (χ0v) is 12.9. The summed E-state index contributed by atoms with van der Waals surface area (Å²) >= 11 is 5.56. The molecule has 0 radical (unpaired) electrons. The molecule has 0 aliphatic carbocycles. The molecule has 0 aromatic heterocycles. The standard InChI is InChI=1S/C15H23ClN2O3/c16-11-14(19)12-17-13-2-1-3-15(10-13)21-9-6-18-4-7-20-8-5-18/h1-3,10,14,17,19H,4-9,11-12H2. The number of hydrogen-bond donors (Lipinski definition) is 2. The maximum Gasteiger partial charge on any atom is 0.121 e. The third-order valence-corrected chi connectivity index (χ3v) is 3.69. The van der Waals surface area contributed by atoms with Crippen molar-refractivity contribution in [3.05, 3.63) is 24.3 Å². The van der Waals surface area contributed by atoms with Gasteiger partial charge in [0.15, 0.2) is 0 Å². The Morgan fingerprint density at radius 2 is 2.19 bits per heavy atom. The molecule has 1 aromatic rings. The molecule has 1 fully saturated rings. The van der Waals surface area contributed by atoms with Gasteiger partial charge >= 0.3 is 0 Å². The van der Waals surface area contributed by atoms with Crippen molar-refractivity contribution in [1.29, 1.82) is 0 Å². The van der Waals surface area contributed by atoms with Gasteiger partial charge in [-0.3, -0.25) is 4.90 Å². The maximum atomic E-state index is 9.43. The Hall–Kier alpha value is -1.01. The summed E-state index contributed by atoms with van der Waals surface area (Å²) in [5.74, 6) is 1.05. The van der Waals surface area contributed by atoms with Crippen molar-refractivity contribution in [2.45, 2.75) is 6.10 Å². The highest BCUT2D eigenvalue weighted by Crippen LogP contribution is 2.17. The van der Waals surface area contributed by atoms with Crippen molar-refractivity contribution in [2.24, 2.45) is 0 Å². The summed E-state index contributed by atoms with van der Waals surface area (Å²) in [5, 5.41) is 12.6. The highest BCUT2D eigenvalue weighted by molar-refractivity contribution is 6.18. The summed E-state index contributed by atoms with van der Waals surface area (Å²) in [4.78, 5) is 2.34. The second-order valence-electron chi connectivity index (χ2n) is 5.02. The molecule has 0 saturated carbocycles. The number of aliphatic hydroxyl groups is 1. The molecule has 6 heteroatoms. The minimum atomic E-state index is -0.544. The summed E-state index contributed by atoms with van der Waals surface area (Å²) in [6.45, 7) is 5.56. The van der Waals surface area contributed by atoms with E-state index in [1.165, 1.54) is 0 Å². The van der Waals surface area contributed by atoms with Crippen LogP contribution in [0.3, 0.4) is 0 Å². The molecule has 1 atom stereocenters. The first kappa shape index (κ1) is 16.4. The van der Waals surface area contributed by atoms with E-state index in [0.29, 0.717) is 13.2 Å². The van der Waals surface area contributed by atoms with Crippen molar-refractivity contribution < 1.29 is 14.6 Å².